The van der Waals surface area contributed by atoms with Crippen LogP contribution in [0, 0.1) is 5.92 Å². The molecule has 172 valence electrons. The zero-order valence-corrected chi connectivity index (χ0v) is 19.1. The molecule has 3 aromatic rings. The van der Waals surface area contributed by atoms with Gasteiger partial charge in [0.1, 0.15) is 5.75 Å². The highest BCUT2D eigenvalue weighted by molar-refractivity contribution is 5.93. The van der Waals surface area contributed by atoms with E-state index in [9.17, 15) is 13.2 Å². The maximum Gasteiger partial charge on any atom is 0.422 e. The van der Waals surface area contributed by atoms with Gasteiger partial charge in [-0.1, -0.05) is 62.4 Å². The van der Waals surface area contributed by atoms with E-state index in [2.05, 4.69) is 50.3 Å². The lowest BCUT2D eigenvalue weighted by Crippen LogP contribution is -2.31. The first-order chi connectivity index (χ1) is 15.7. The molecule has 0 spiro atoms. The molecule has 2 aliphatic rings. The van der Waals surface area contributed by atoms with Gasteiger partial charge < -0.3 is 4.74 Å². The molecule has 1 nitrogen and oxygen atoms in total. The Hall–Kier alpha value is -2.75. The number of hydrogen-bond donors (Lipinski definition) is 0. The summed E-state index contributed by atoms with van der Waals surface area (Å²) in [4.78, 5) is 0. The van der Waals surface area contributed by atoms with Crippen molar-refractivity contribution in [2.24, 2.45) is 5.92 Å². The molecule has 3 aromatic carbocycles. The number of aryl methyl sites for hydroxylation is 1. The van der Waals surface area contributed by atoms with Crippen LogP contribution in [0.15, 0.2) is 54.6 Å². The topological polar surface area (TPSA) is 9.23 Å². The van der Waals surface area contributed by atoms with Gasteiger partial charge in [-0.25, -0.2) is 0 Å². The van der Waals surface area contributed by atoms with Gasteiger partial charge in [0.15, 0.2) is 6.61 Å². The van der Waals surface area contributed by atoms with Crippen molar-refractivity contribution in [2.75, 3.05) is 6.61 Å². The third kappa shape index (κ3) is 4.53. The fourth-order valence-electron chi connectivity index (χ4n) is 5.98. The second-order valence-corrected chi connectivity index (χ2v) is 10.2. The highest BCUT2D eigenvalue weighted by Crippen LogP contribution is 2.45. The summed E-state index contributed by atoms with van der Waals surface area (Å²) in [5, 5.41) is 2.77. The van der Waals surface area contributed by atoms with Crippen LogP contribution in [-0.4, -0.2) is 12.8 Å². The molecular formula is C29H29F3O. The zero-order valence-electron chi connectivity index (χ0n) is 19.1. The number of fused-ring (bicyclic) bond motifs is 5. The Morgan fingerprint density at radius 2 is 1.85 bits per heavy atom. The normalized spacial score (nSPS) is 19.2. The van der Waals surface area contributed by atoms with Crippen LogP contribution in [0.25, 0.3) is 16.8 Å². The highest BCUT2D eigenvalue weighted by Gasteiger charge is 2.35. The molecule has 4 heteroatoms. The average molecular weight is 451 g/mol. The smallest absolute Gasteiger partial charge is 0.422 e. The van der Waals surface area contributed by atoms with E-state index in [1.165, 1.54) is 33.0 Å². The summed E-state index contributed by atoms with van der Waals surface area (Å²) in [7, 11) is 0. The third-order valence-corrected chi connectivity index (χ3v) is 7.10. The maximum absolute atomic E-state index is 12.5. The van der Waals surface area contributed by atoms with E-state index in [1.54, 1.807) is 18.2 Å². The Morgan fingerprint density at radius 1 is 1.03 bits per heavy atom. The first-order valence-corrected chi connectivity index (χ1v) is 11.7. The van der Waals surface area contributed by atoms with E-state index in [4.69, 9.17) is 4.74 Å². The fraction of sp³-hybridized carbons (Fsp3) is 0.379. The van der Waals surface area contributed by atoms with E-state index >= 15 is 0 Å². The first-order valence-electron chi connectivity index (χ1n) is 11.7. The molecule has 0 amide bonds. The van der Waals surface area contributed by atoms with E-state index in [0.29, 0.717) is 5.92 Å². The number of rotatable bonds is 4. The van der Waals surface area contributed by atoms with Crippen molar-refractivity contribution >= 4 is 16.8 Å². The largest absolute Gasteiger partial charge is 0.484 e. The van der Waals surface area contributed by atoms with Gasteiger partial charge in [-0.3, -0.25) is 0 Å². The van der Waals surface area contributed by atoms with Gasteiger partial charge in [-0.2, -0.15) is 13.2 Å². The zero-order chi connectivity index (χ0) is 23.2. The van der Waals surface area contributed by atoms with Crippen LogP contribution < -0.4 is 4.74 Å². The molecular weight excluding hydrogens is 421 g/mol. The molecule has 33 heavy (non-hydrogen) atoms. The van der Waals surface area contributed by atoms with Crippen molar-refractivity contribution < 1.29 is 17.9 Å². The molecule has 1 atom stereocenters. The first kappa shape index (κ1) is 22.1. The van der Waals surface area contributed by atoms with Crippen LogP contribution in [0.2, 0.25) is 0 Å². The quantitative estimate of drug-likeness (QED) is 0.394. The van der Waals surface area contributed by atoms with Crippen molar-refractivity contribution in [3.05, 3.63) is 82.4 Å². The van der Waals surface area contributed by atoms with Crippen molar-refractivity contribution in [1.82, 2.24) is 0 Å². The minimum absolute atomic E-state index is 0.0287. The van der Waals surface area contributed by atoms with Crippen LogP contribution in [0.5, 0.6) is 5.75 Å². The number of hydrogen-bond acceptors (Lipinski definition) is 1. The van der Waals surface area contributed by atoms with E-state index in [0.717, 1.165) is 37.7 Å². The average Bonchev–Trinajstić information content (AvgIpc) is 2.76. The summed E-state index contributed by atoms with van der Waals surface area (Å²) < 4.78 is 42.5. The number of benzene rings is 3. The molecule has 2 aliphatic carbocycles. The summed E-state index contributed by atoms with van der Waals surface area (Å²) >= 11 is 0. The predicted molar refractivity (Wildman–Crippen MR) is 128 cm³/mol. The second-order valence-electron chi connectivity index (χ2n) is 10.2. The SMILES string of the molecule is CC1(C)CC(Cc2cccc(OCC(F)(F)F)c2)Cc2ccc3c4c(ccc3c21)C=CCC4. The molecule has 0 radical (unpaired) electrons. The van der Waals surface area contributed by atoms with Crippen LogP contribution in [0.1, 0.15) is 54.5 Å². The highest BCUT2D eigenvalue weighted by atomic mass is 19.4. The Labute approximate surface area is 193 Å². The number of alkyl halides is 3. The summed E-state index contributed by atoms with van der Waals surface area (Å²) in [5.41, 5.74) is 6.73. The van der Waals surface area contributed by atoms with Gasteiger partial charge >= 0.3 is 6.18 Å². The van der Waals surface area contributed by atoms with Crippen molar-refractivity contribution in [1.29, 1.82) is 0 Å². The Balaban J connectivity index is 1.42. The molecule has 5 rings (SSSR count). The van der Waals surface area contributed by atoms with Crippen molar-refractivity contribution in [3.8, 4) is 5.75 Å². The summed E-state index contributed by atoms with van der Waals surface area (Å²) in [6.45, 7) is 3.41. The molecule has 0 saturated carbocycles. The molecule has 1 unspecified atom stereocenters. The third-order valence-electron chi connectivity index (χ3n) is 7.10. The lowest BCUT2D eigenvalue weighted by molar-refractivity contribution is -0.153. The monoisotopic (exact) mass is 450 g/mol. The van der Waals surface area contributed by atoms with Crippen LogP contribution >= 0.6 is 0 Å². The minimum Gasteiger partial charge on any atom is -0.484 e. The number of halogens is 3. The number of ether oxygens (including phenoxy) is 1. The van der Waals surface area contributed by atoms with Gasteiger partial charge in [-0.05, 0) is 94.2 Å². The fourth-order valence-corrected chi connectivity index (χ4v) is 5.98. The van der Waals surface area contributed by atoms with Gasteiger partial charge in [-0.15, -0.1) is 0 Å². The van der Waals surface area contributed by atoms with E-state index in [1.807, 2.05) is 6.07 Å². The standard InChI is InChI=1S/C29H29F3O/c1-28(2)17-20(14-19-6-5-8-23(16-19)33-18-29(30,31)32)15-22-11-12-25-24-9-4-3-7-21(24)10-13-26(25)27(22)28/h3,5-8,10-13,16,20H,4,9,14-15,17-18H2,1-2H3. The van der Waals surface area contributed by atoms with Crippen molar-refractivity contribution in [2.45, 2.75) is 57.5 Å². The maximum atomic E-state index is 12.5. The lowest BCUT2D eigenvalue weighted by atomic mass is 9.65. The van der Waals surface area contributed by atoms with Crippen molar-refractivity contribution in [3.63, 3.8) is 0 Å². The van der Waals surface area contributed by atoms with Gasteiger partial charge in [0.25, 0.3) is 0 Å². The van der Waals surface area contributed by atoms with Crippen LogP contribution in [0.3, 0.4) is 0 Å². The van der Waals surface area contributed by atoms with Crippen LogP contribution in [-0.2, 0) is 24.7 Å². The molecule has 0 saturated heterocycles. The number of allylic oxidation sites excluding steroid dienone is 1. The lowest BCUT2D eigenvalue weighted by Gasteiger charge is -2.39. The minimum atomic E-state index is -4.33. The van der Waals surface area contributed by atoms with E-state index < -0.39 is 12.8 Å². The molecule has 0 bridgehead atoms. The van der Waals surface area contributed by atoms with Gasteiger partial charge in [0.2, 0.25) is 0 Å². The molecule has 0 heterocycles. The van der Waals surface area contributed by atoms with E-state index in [-0.39, 0.29) is 11.2 Å². The molecule has 0 N–H and O–H groups in total. The second kappa shape index (κ2) is 8.23. The predicted octanol–water partition coefficient (Wildman–Crippen LogP) is 7.82. The summed E-state index contributed by atoms with van der Waals surface area (Å²) in [5.74, 6) is 0.716. The molecule has 0 aromatic heterocycles. The summed E-state index contributed by atoms with van der Waals surface area (Å²) in [6, 6.07) is 16.3. The Morgan fingerprint density at radius 3 is 2.67 bits per heavy atom. The molecule has 0 aliphatic heterocycles. The van der Waals surface area contributed by atoms with Gasteiger partial charge in [0.05, 0.1) is 0 Å². The van der Waals surface area contributed by atoms with Crippen LogP contribution in [0.4, 0.5) is 13.2 Å². The summed E-state index contributed by atoms with van der Waals surface area (Å²) in [6.07, 6.45) is 5.22. The van der Waals surface area contributed by atoms with Gasteiger partial charge in [0, 0.05) is 0 Å². The molecule has 0 fully saturated rings. The Bertz CT molecular complexity index is 1220. The Kier molecular flexibility index (Phi) is 5.50.